The normalized spacial score (nSPS) is 17.9. The molecule has 1 heterocycles. The van der Waals surface area contributed by atoms with E-state index in [-0.39, 0.29) is 0 Å². The van der Waals surface area contributed by atoms with Crippen molar-refractivity contribution in [3.8, 4) is 0 Å². The Bertz CT molecular complexity index is 380. The zero-order valence-corrected chi connectivity index (χ0v) is 13.2. The van der Waals surface area contributed by atoms with E-state index < -0.39 is 0 Å². The van der Waals surface area contributed by atoms with Crippen LogP contribution in [0.4, 0.5) is 5.69 Å². The van der Waals surface area contributed by atoms with Crippen molar-refractivity contribution in [3.05, 3.63) is 29.8 Å². The molecule has 1 unspecified atom stereocenters. The molecule has 0 aromatic heterocycles. The fraction of sp³-hybridized carbons (Fsp3) is 0.647. The van der Waals surface area contributed by atoms with E-state index >= 15 is 0 Å². The average Bonchev–Trinajstić information content (AvgIpc) is 2.46. The van der Waals surface area contributed by atoms with Crippen LogP contribution < -0.4 is 10.2 Å². The van der Waals surface area contributed by atoms with Gasteiger partial charge < -0.3 is 15.1 Å². The standard InChI is InChI=1S/C17H29N3/c1-15(14-20-11-5-4-6-12-20)18-13-16-7-9-17(10-8-16)19(2)3/h7-10,15,18H,4-6,11-14H2,1-3H3. The summed E-state index contributed by atoms with van der Waals surface area (Å²) in [4.78, 5) is 4.73. The lowest BCUT2D eigenvalue weighted by molar-refractivity contribution is 0.209. The first-order valence-corrected chi connectivity index (χ1v) is 7.87. The maximum atomic E-state index is 3.64. The van der Waals surface area contributed by atoms with Gasteiger partial charge >= 0.3 is 0 Å². The molecule has 2 rings (SSSR count). The topological polar surface area (TPSA) is 18.5 Å². The second-order valence-electron chi connectivity index (χ2n) is 6.20. The van der Waals surface area contributed by atoms with Crippen LogP contribution in [0.3, 0.4) is 0 Å². The maximum Gasteiger partial charge on any atom is 0.0361 e. The summed E-state index contributed by atoms with van der Waals surface area (Å²) in [6.45, 7) is 6.99. The number of likely N-dealkylation sites (tertiary alicyclic amines) is 1. The van der Waals surface area contributed by atoms with Crippen LogP contribution in [0.5, 0.6) is 0 Å². The van der Waals surface area contributed by atoms with Gasteiger partial charge in [-0.05, 0) is 50.6 Å². The molecule has 1 aromatic rings. The SMILES string of the molecule is CC(CN1CCCCC1)NCc1ccc(N(C)C)cc1. The van der Waals surface area contributed by atoms with Crippen LogP contribution in [0.1, 0.15) is 31.7 Å². The number of nitrogens with one attached hydrogen (secondary N) is 1. The van der Waals surface area contributed by atoms with Crippen LogP contribution in [0.15, 0.2) is 24.3 Å². The minimum atomic E-state index is 0.557. The lowest BCUT2D eigenvalue weighted by atomic mass is 10.1. The Hall–Kier alpha value is -1.06. The smallest absolute Gasteiger partial charge is 0.0361 e. The summed E-state index contributed by atoms with van der Waals surface area (Å²) in [6.07, 6.45) is 4.16. The average molecular weight is 275 g/mol. The van der Waals surface area contributed by atoms with Crippen molar-refractivity contribution < 1.29 is 0 Å². The molecule has 0 bridgehead atoms. The molecular formula is C17H29N3. The van der Waals surface area contributed by atoms with Gasteiger partial charge in [-0.2, -0.15) is 0 Å². The molecule has 1 fully saturated rings. The van der Waals surface area contributed by atoms with E-state index in [4.69, 9.17) is 0 Å². The van der Waals surface area contributed by atoms with E-state index in [2.05, 4.69) is 60.4 Å². The van der Waals surface area contributed by atoms with Crippen molar-refractivity contribution in [1.82, 2.24) is 10.2 Å². The largest absolute Gasteiger partial charge is 0.378 e. The van der Waals surface area contributed by atoms with Gasteiger partial charge in [0.2, 0.25) is 0 Å². The summed E-state index contributed by atoms with van der Waals surface area (Å²) < 4.78 is 0. The first kappa shape index (κ1) is 15.3. The number of hydrogen-bond acceptors (Lipinski definition) is 3. The first-order valence-electron chi connectivity index (χ1n) is 7.87. The van der Waals surface area contributed by atoms with Crippen molar-refractivity contribution in [3.63, 3.8) is 0 Å². The maximum absolute atomic E-state index is 3.64. The molecular weight excluding hydrogens is 246 g/mol. The Balaban J connectivity index is 1.73. The minimum Gasteiger partial charge on any atom is -0.378 e. The highest BCUT2D eigenvalue weighted by atomic mass is 15.1. The van der Waals surface area contributed by atoms with Crippen LogP contribution in [-0.2, 0) is 6.54 Å². The van der Waals surface area contributed by atoms with Crippen LogP contribution in [0.2, 0.25) is 0 Å². The van der Waals surface area contributed by atoms with Gasteiger partial charge in [0.1, 0.15) is 0 Å². The van der Waals surface area contributed by atoms with E-state index in [1.807, 2.05) is 0 Å². The lowest BCUT2D eigenvalue weighted by Crippen LogP contribution is -2.41. The van der Waals surface area contributed by atoms with Crippen molar-refractivity contribution in [2.24, 2.45) is 0 Å². The van der Waals surface area contributed by atoms with Gasteiger partial charge in [-0.25, -0.2) is 0 Å². The number of rotatable bonds is 6. The third-order valence-corrected chi connectivity index (χ3v) is 4.09. The van der Waals surface area contributed by atoms with Crippen LogP contribution >= 0.6 is 0 Å². The van der Waals surface area contributed by atoms with Crippen LogP contribution in [0, 0.1) is 0 Å². The number of benzene rings is 1. The second-order valence-corrected chi connectivity index (χ2v) is 6.20. The van der Waals surface area contributed by atoms with Gasteiger partial charge in [0, 0.05) is 38.9 Å². The molecule has 1 aromatic carbocycles. The minimum absolute atomic E-state index is 0.557. The van der Waals surface area contributed by atoms with Crippen molar-refractivity contribution >= 4 is 5.69 Å². The highest BCUT2D eigenvalue weighted by Gasteiger charge is 2.12. The quantitative estimate of drug-likeness (QED) is 0.861. The molecule has 1 saturated heterocycles. The second kappa shape index (κ2) is 7.65. The lowest BCUT2D eigenvalue weighted by Gasteiger charge is -2.29. The van der Waals surface area contributed by atoms with Gasteiger partial charge in [0.15, 0.2) is 0 Å². The van der Waals surface area contributed by atoms with Crippen LogP contribution in [-0.4, -0.2) is 44.7 Å². The van der Waals surface area contributed by atoms with Gasteiger partial charge in [0.25, 0.3) is 0 Å². The monoisotopic (exact) mass is 275 g/mol. The van der Waals surface area contributed by atoms with E-state index in [1.165, 1.54) is 50.1 Å². The van der Waals surface area contributed by atoms with E-state index in [9.17, 15) is 0 Å². The van der Waals surface area contributed by atoms with E-state index in [0.717, 1.165) is 6.54 Å². The van der Waals surface area contributed by atoms with Gasteiger partial charge in [-0.1, -0.05) is 18.6 Å². The van der Waals surface area contributed by atoms with Crippen LogP contribution in [0.25, 0.3) is 0 Å². The number of hydrogen-bond donors (Lipinski definition) is 1. The molecule has 1 N–H and O–H groups in total. The zero-order chi connectivity index (χ0) is 14.4. The van der Waals surface area contributed by atoms with Gasteiger partial charge in [0.05, 0.1) is 0 Å². The summed E-state index contributed by atoms with van der Waals surface area (Å²) >= 11 is 0. The molecule has 1 aliphatic rings. The predicted octanol–water partition coefficient (Wildman–Crippen LogP) is 2.72. The molecule has 0 radical (unpaired) electrons. The Morgan fingerprint density at radius 1 is 1.10 bits per heavy atom. The molecule has 0 saturated carbocycles. The highest BCUT2D eigenvalue weighted by molar-refractivity contribution is 5.45. The molecule has 1 aliphatic heterocycles. The van der Waals surface area contributed by atoms with Crippen molar-refractivity contribution in [2.45, 2.75) is 38.8 Å². The van der Waals surface area contributed by atoms with Gasteiger partial charge in [-0.3, -0.25) is 0 Å². The molecule has 0 spiro atoms. The fourth-order valence-corrected chi connectivity index (χ4v) is 2.80. The molecule has 0 aliphatic carbocycles. The molecule has 112 valence electrons. The summed E-state index contributed by atoms with van der Waals surface area (Å²) in [5, 5.41) is 3.64. The number of nitrogens with zero attached hydrogens (tertiary/aromatic N) is 2. The Morgan fingerprint density at radius 2 is 1.75 bits per heavy atom. The molecule has 3 heteroatoms. The third kappa shape index (κ3) is 4.80. The summed E-state index contributed by atoms with van der Waals surface area (Å²) in [7, 11) is 4.15. The molecule has 3 nitrogen and oxygen atoms in total. The summed E-state index contributed by atoms with van der Waals surface area (Å²) in [6, 6.07) is 9.37. The number of piperidine rings is 1. The van der Waals surface area contributed by atoms with Crippen molar-refractivity contribution in [2.75, 3.05) is 38.6 Å². The van der Waals surface area contributed by atoms with Crippen molar-refractivity contribution in [1.29, 1.82) is 0 Å². The highest BCUT2D eigenvalue weighted by Crippen LogP contribution is 2.12. The zero-order valence-electron chi connectivity index (χ0n) is 13.2. The fourth-order valence-electron chi connectivity index (χ4n) is 2.80. The molecule has 0 amide bonds. The van der Waals surface area contributed by atoms with Gasteiger partial charge in [-0.15, -0.1) is 0 Å². The third-order valence-electron chi connectivity index (χ3n) is 4.09. The van der Waals surface area contributed by atoms with E-state index in [1.54, 1.807) is 0 Å². The molecule has 1 atom stereocenters. The first-order chi connectivity index (χ1) is 9.65. The Kier molecular flexibility index (Phi) is 5.86. The van der Waals surface area contributed by atoms with E-state index in [0.29, 0.717) is 6.04 Å². The predicted molar refractivity (Wildman–Crippen MR) is 87.4 cm³/mol. The number of anilines is 1. The Morgan fingerprint density at radius 3 is 2.35 bits per heavy atom. The summed E-state index contributed by atoms with van der Waals surface area (Å²) in [5.41, 5.74) is 2.62. The summed E-state index contributed by atoms with van der Waals surface area (Å²) in [5.74, 6) is 0. The molecule has 20 heavy (non-hydrogen) atoms. The Labute approximate surface area is 124 Å².